The molecule has 1 saturated heterocycles. The number of carboxylic acids is 1. The van der Waals surface area contributed by atoms with Crippen LogP contribution in [0.5, 0.6) is 0 Å². The lowest BCUT2D eigenvalue weighted by Crippen LogP contribution is -2.31. The molecule has 1 unspecified atom stereocenters. The molecule has 14 heavy (non-hydrogen) atoms. The summed E-state index contributed by atoms with van der Waals surface area (Å²) in [5.41, 5.74) is -1.08. The second-order valence-corrected chi connectivity index (χ2v) is 5.88. The van der Waals surface area contributed by atoms with Gasteiger partial charge >= 0.3 is 5.97 Å². The van der Waals surface area contributed by atoms with Crippen molar-refractivity contribution in [2.75, 3.05) is 11.5 Å². The van der Waals surface area contributed by atoms with Gasteiger partial charge in [0.25, 0.3) is 0 Å². The van der Waals surface area contributed by atoms with Crippen LogP contribution >= 0.6 is 0 Å². The molecule has 0 aromatic rings. The molecular formula is C9H14O4S. The van der Waals surface area contributed by atoms with Crippen LogP contribution in [0.3, 0.4) is 0 Å². The van der Waals surface area contributed by atoms with Crippen LogP contribution in [-0.2, 0) is 14.6 Å². The molecule has 1 N–H and O–H groups in total. The lowest BCUT2D eigenvalue weighted by atomic mass is 9.84. The quantitative estimate of drug-likeness (QED) is 0.712. The van der Waals surface area contributed by atoms with Crippen molar-refractivity contribution in [3.63, 3.8) is 0 Å². The van der Waals surface area contributed by atoms with E-state index in [2.05, 4.69) is 0 Å². The zero-order chi connectivity index (χ0) is 10.8. The topological polar surface area (TPSA) is 71.4 Å². The Morgan fingerprint density at radius 2 is 2.21 bits per heavy atom. The summed E-state index contributed by atoms with van der Waals surface area (Å²) in [7, 11) is -3.14. The molecule has 0 spiro atoms. The van der Waals surface area contributed by atoms with Crippen molar-refractivity contribution >= 4 is 15.8 Å². The Kier molecular flexibility index (Phi) is 2.99. The highest BCUT2D eigenvalue weighted by molar-refractivity contribution is 7.91. The first kappa shape index (κ1) is 11.2. The summed E-state index contributed by atoms with van der Waals surface area (Å²) >= 11 is 0. The Bertz CT molecular complexity index is 355. The summed E-state index contributed by atoms with van der Waals surface area (Å²) in [6.45, 7) is 1.79. The van der Waals surface area contributed by atoms with E-state index in [1.807, 2.05) is 0 Å². The maximum atomic E-state index is 11.2. The average Bonchev–Trinajstić information content (AvgIpc) is 2.40. The molecule has 0 aliphatic carbocycles. The maximum absolute atomic E-state index is 11.2. The van der Waals surface area contributed by atoms with Crippen LogP contribution in [0.15, 0.2) is 12.2 Å². The molecule has 4 nitrogen and oxygen atoms in total. The van der Waals surface area contributed by atoms with Crippen LogP contribution in [0.2, 0.25) is 0 Å². The lowest BCUT2D eigenvalue weighted by molar-refractivity contribution is -0.147. The molecule has 0 aromatic heterocycles. The van der Waals surface area contributed by atoms with E-state index in [1.54, 1.807) is 19.1 Å². The van der Waals surface area contributed by atoms with Gasteiger partial charge in [-0.1, -0.05) is 12.2 Å². The van der Waals surface area contributed by atoms with Crippen molar-refractivity contribution in [3.8, 4) is 0 Å². The number of allylic oxidation sites excluding steroid dienone is 2. The Hall–Kier alpha value is -0.840. The van der Waals surface area contributed by atoms with Gasteiger partial charge in [0, 0.05) is 0 Å². The van der Waals surface area contributed by atoms with E-state index in [0.29, 0.717) is 6.42 Å². The fourth-order valence-electron chi connectivity index (χ4n) is 1.68. The predicted molar refractivity (Wildman–Crippen MR) is 52.8 cm³/mol. The summed E-state index contributed by atoms with van der Waals surface area (Å²) in [4.78, 5) is 11.0. The van der Waals surface area contributed by atoms with Crippen molar-refractivity contribution in [1.29, 1.82) is 0 Å². The minimum absolute atomic E-state index is 0.00312. The van der Waals surface area contributed by atoms with E-state index < -0.39 is 21.2 Å². The molecule has 5 heteroatoms. The first-order chi connectivity index (χ1) is 6.42. The predicted octanol–water partition coefficient (Wildman–Crippen LogP) is 0.842. The van der Waals surface area contributed by atoms with Crippen LogP contribution in [0, 0.1) is 5.41 Å². The Balaban J connectivity index is 2.91. The molecule has 1 heterocycles. The van der Waals surface area contributed by atoms with Gasteiger partial charge in [-0.2, -0.15) is 0 Å². The molecule has 0 radical (unpaired) electrons. The van der Waals surface area contributed by atoms with Gasteiger partial charge in [0.1, 0.15) is 0 Å². The van der Waals surface area contributed by atoms with Crippen molar-refractivity contribution in [3.05, 3.63) is 12.2 Å². The highest BCUT2D eigenvalue weighted by Gasteiger charge is 2.47. The number of aliphatic carboxylic acids is 1. The van der Waals surface area contributed by atoms with Gasteiger partial charge < -0.3 is 5.11 Å². The third-order valence-electron chi connectivity index (χ3n) is 2.59. The second kappa shape index (κ2) is 3.73. The average molecular weight is 218 g/mol. The summed E-state index contributed by atoms with van der Waals surface area (Å²) < 4.78 is 22.5. The zero-order valence-corrected chi connectivity index (χ0v) is 8.88. The largest absolute Gasteiger partial charge is 0.481 e. The van der Waals surface area contributed by atoms with Crippen LogP contribution in [-0.4, -0.2) is 31.0 Å². The number of rotatable bonds is 3. The van der Waals surface area contributed by atoms with Gasteiger partial charge in [-0.3, -0.25) is 4.79 Å². The smallest absolute Gasteiger partial charge is 0.311 e. The van der Waals surface area contributed by atoms with Crippen LogP contribution in [0.25, 0.3) is 0 Å². The van der Waals surface area contributed by atoms with E-state index in [1.165, 1.54) is 0 Å². The molecule has 0 aromatic carbocycles. The van der Waals surface area contributed by atoms with Crippen molar-refractivity contribution in [2.45, 2.75) is 19.8 Å². The van der Waals surface area contributed by atoms with Gasteiger partial charge in [0.2, 0.25) is 0 Å². The van der Waals surface area contributed by atoms with Crippen molar-refractivity contribution in [2.24, 2.45) is 5.41 Å². The van der Waals surface area contributed by atoms with E-state index in [9.17, 15) is 13.2 Å². The Labute approximate surface area is 83.5 Å². The van der Waals surface area contributed by atoms with E-state index in [-0.39, 0.29) is 17.9 Å². The van der Waals surface area contributed by atoms with Crippen LogP contribution in [0.1, 0.15) is 19.8 Å². The summed E-state index contributed by atoms with van der Waals surface area (Å²) in [6, 6.07) is 0. The normalized spacial score (nSPS) is 30.9. The van der Waals surface area contributed by atoms with E-state index in [4.69, 9.17) is 5.11 Å². The van der Waals surface area contributed by atoms with Gasteiger partial charge in [0.15, 0.2) is 9.84 Å². The van der Waals surface area contributed by atoms with Crippen LogP contribution < -0.4 is 0 Å². The molecule has 1 aliphatic rings. The Morgan fingerprint density at radius 1 is 1.57 bits per heavy atom. The highest BCUT2D eigenvalue weighted by atomic mass is 32.2. The molecule has 1 fully saturated rings. The molecule has 80 valence electrons. The van der Waals surface area contributed by atoms with Crippen molar-refractivity contribution < 1.29 is 18.3 Å². The number of hydrogen-bond acceptors (Lipinski definition) is 3. The molecule has 1 rings (SSSR count). The number of carbonyl (C=O) groups is 1. The first-order valence-electron chi connectivity index (χ1n) is 4.47. The Morgan fingerprint density at radius 3 is 2.57 bits per heavy atom. The fourth-order valence-corrected chi connectivity index (χ4v) is 3.75. The fraction of sp³-hybridized carbons (Fsp3) is 0.667. The highest BCUT2D eigenvalue weighted by Crippen LogP contribution is 2.36. The summed E-state index contributed by atoms with van der Waals surface area (Å²) in [6.07, 6.45) is 4.00. The number of carboxylic acid groups (broad SMARTS) is 1. The number of hydrogen-bond donors (Lipinski definition) is 1. The number of sulfone groups is 1. The summed E-state index contributed by atoms with van der Waals surface area (Å²) in [5.74, 6) is -1.23. The SMILES string of the molecule is C/C=C/CC1(C(=O)O)CCS(=O)(=O)C1. The third-order valence-corrected chi connectivity index (χ3v) is 4.40. The van der Waals surface area contributed by atoms with Crippen LogP contribution in [0.4, 0.5) is 0 Å². The third kappa shape index (κ3) is 2.15. The van der Waals surface area contributed by atoms with E-state index in [0.717, 1.165) is 0 Å². The molecule has 0 amide bonds. The molecular weight excluding hydrogens is 204 g/mol. The molecule has 0 bridgehead atoms. The monoisotopic (exact) mass is 218 g/mol. The van der Waals surface area contributed by atoms with Crippen molar-refractivity contribution in [1.82, 2.24) is 0 Å². The van der Waals surface area contributed by atoms with Gasteiger partial charge in [-0.15, -0.1) is 0 Å². The van der Waals surface area contributed by atoms with Gasteiger partial charge in [-0.25, -0.2) is 8.42 Å². The lowest BCUT2D eigenvalue weighted by Gasteiger charge is -2.19. The zero-order valence-electron chi connectivity index (χ0n) is 8.06. The maximum Gasteiger partial charge on any atom is 0.311 e. The van der Waals surface area contributed by atoms with E-state index >= 15 is 0 Å². The second-order valence-electron chi connectivity index (χ2n) is 3.70. The van der Waals surface area contributed by atoms with Gasteiger partial charge in [0.05, 0.1) is 16.9 Å². The molecule has 1 atom stereocenters. The molecule has 0 saturated carbocycles. The first-order valence-corrected chi connectivity index (χ1v) is 6.29. The molecule has 1 aliphatic heterocycles. The minimum Gasteiger partial charge on any atom is -0.481 e. The minimum atomic E-state index is -3.14. The van der Waals surface area contributed by atoms with Gasteiger partial charge in [-0.05, 0) is 19.8 Å². The standard InChI is InChI=1S/C9H14O4S/c1-2-3-4-9(8(10)11)5-6-14(12,13)7-9/h2-3H,4-7H2,1H3,(H,10,11)/b3-2+. The summed E-state index contributed by atoms with van der Waals surface area (Å²) in [5, 5.41) is 9.02.